The van der Waals surface area contributed by atoms with Gasteiger partial charge >= 0.3 is 6.01 Å². The molecule has 0 aliphatic carbocycles. The summed E-state index contributed by atoms with van der Waals surface area (Å²) in [6.07, 6.45) is 9.41. The van der Waals surface area contributed by atoms with Gasteiger partial charge in [0.05, 0.1) is 10.9 Å². The van der Waals surface area contributed by atoms with E-state index in [9.17, 15) is 9.18 Å². The van der Waals surface area contributed by atoms with Crippen LogP contribution in [0.2, 0.25) is 0 Å². The molecule has 0 bridgehead atoms. The molecule has 2 aromatic heterocycles. The summed E-state index contributed by atoms with van der Waals surface area (Å²) < 4.78 is 67.4. The van der Waals surface area contributed by atoms with Crippen molar-refractivity contribution in [2.45, 2.75) is 37.3 Å². The average Bonchev–Trinajstić information content (AvgIpc) is 3.60. The van der Waals surface area contributed by atoms with Crippen molar-refractivity contribution in [1.29, 1.82) is 0 Å². The summed E-state index contributed by atoms with van der Waals surface area (Å²) in [6, 6.07) is 6.30. The van der Waals surface area contributed by atoms with E-state index in [2.05, 4.69) is 32.4 Å². The maximum absolute atomic E-state index is 16.6. The summed E-state index contributed by atoms with van der Waals surface area (Å²) in [7, 11) is 3.51. The number of alkyl halides is 2. The molecule has 1 amide bonds. The highest BCUT2D eigenvalue weighted by Gasteiger charge is 2.50. The van der Waals surface area contributed by atoms with Crippen LogP contribution in [0, 0.1) is 24.0 Å². The number of likely N-dealkylation sites (N-methyl/N-ethyl adjacent to an activating group) is 2. The SMILES string of the molecule is C#Cc1c(F)ccc2cccc(-c3ncc4c(N(C)C[C@H]5N(C(=O)C=C)CCC5(F)F)nc(OC[C@@H]5CCCN5C)nc4c3F)c12. The van der Waals surface area contributed by atoms with Crippen LogP contribution in [0.25, 0.3) is 32.9 Å². The van der Waals surface area contributed by atoms with Crippen LogP contribution in [0.5, 0.6) is 6.01 Å². The molecule has 2 saturated heterocycles. The van der Waals surface area contributed by atoms with E-state index in [4.69, 9.17) is 11.2 Å². The first kappa shape index (κ1) is 31.2. The molecule has 238 valence electrons. The van der Waals surface area contributed by atoms with Crippen LogP contribution in [-0.4, -0.2) is 89.0 Å². The first-order chi connectivity index (χ1) is 22.0. The minimum Gasteiger partial charge on any atom is -0.462 e. The van der Waals surface area contributed by atoms with E-state index in [1.807, 2.05) is 7.05 Å². The zero-order chi connectivity index (χ0) is 32.7. The minimum atomic E-state index is -3.17. The first-order valence-corrected chi connectivity index (χ1v) is 14.9. The Labute approximate surface area is 263 Å². The molecule has 2 fully saturated rings. The van der Waals surface area contributed by atoms with Gasteiger partial charge in [-0.15, -0.1) is 6.42 Å². The van der Waals surface area contributed by atoms with Gasteiger partial charge in [-0.2, -0.15) is 9.97 Å². The Balaban J connectivity index is 1.48. The van der Waals surface area contributed by atoms with E-state index in [0.29, 0.717) is 10.8 Å². The van der Waals surface area contributed by atoms with Crippen molar-refractivity contribution in [2.24, 2.45) is 0 Å². The van der Waals surface area contributed by atoms with Crippen molar-refractivity contribution < 1.29 is 27.1 Å². The minimum absolute atomic E-state index is 0.0293. The Hall–Kier alpha value is -4.76. The molecule has 12 heteroatoms. The number of halogens is 4. The molecule has 2 atom stereocenters. The maximum atomic E-state index is 16.6. The second kappa shape index (κ2) is 12.2. The zero-order valence-corrected chi connectivity index (χ0v) is 25.4. The highest BCUT2D eigenvalue weighted by molar-refractivity contribution is 6.02. The Morgan fingerprint density at radius 1 is 1.24 bits per heavy atom. The molecule has 2 aliphatic rings. The molecule has 0 N–H and O–H groups in total. The normalized spacial score (nSPS) is 19.5. The molecule has 2 aromatic carbocycles. The Morgan fingerprint density at radius 3 is 2.76 bits per heavy atom. The third-order valence-electron chi connectivity index (χ3n) is 8.93. The van der Waals surface area contributed by atoms with Gasteiger partial charge in [-0.3, -0.25) is 9.78 Å². The van der Waals surface area contributed by atoms with Gasteiger partial charge < -0.3 is 19.4 Å². The number of nitrogens with zero attached hydrogens (tertiary/aromatic N) is 6. The molecule has 0 unspecified atom stereocenters. The number of hydrogen-bond acceptors (Lipinski definition) is 7. The van der Waals surface area contributed by atoms with E-state index in [1.165, 1.54) is 24.2 Å². The molecule has 46 heavy (non-hydrogen) atoms. The van der Waals surface area contributed by atoms with Crippen molar-refractivity contribution in [3.8, 4) is 29.6 Å². The van der Waals surface area contributed by atoms with Gasteiger partial charge in [-0.1, -0.05) is 36.8 Å². The highest BCUT2D eigenvalue weighted by Crippen LogP contribution is 2.38. The lowest BCUT2D eigenvalue weighted by Gasteiger charge is -2.31. The topological polar surface area (TPSA) is 74.7 Å². The third kappa shape index (κ3) is 5.49. The molecule has 2 aliphatic heterocycles. The smallest absolute Gasteiger partial charge is 0.319 e. The largest absolute Gasteiger partial charge is 0.462 e. The molecular formula is C34H32F4N6O2. The fourth-order valence-corrected chi connectivity index (χ4v) is 6.40. The molecule has 0 radical (unpaired) electrons. The number of rotatable bonds is 8. The van der Waals surface area contributed by atoms with Crippen LogP contribution < -0.4 is 9.64 Å². The van der Waals surface area contributed by atoms with Crippen molar-refractivity contribution >= 4 is 33.4 Å². The second-order valence-electron chi connectivity index (χ2n) is 11.7. The lowest BCUT2D eigenvalue weighted by molar-refractivity contribution is -0.130. The van der Waals surface area contributed by atoms with Gasteiger partial charge in [0.25, 0.3) is 5.92 Å². The van der Waals surface area contributed by atoms with E-state index < -0.39 is 35.9 Å². The molecule has 6 rings (SSSR count). The lowest BCUT2D eigenvalue weighted by atomic mass is 9.96. The second-order valence-corrected chi connectivity index (χ2v) is 11.7. The number of anilines is 1. The van der Waals surface area contributed by atoms with Gasteiger partial charge in [-0.25, -0.2) is 17.6 Å². The van der Waals surface area contributed by atoms with Crippen LogP contribution in [0.15, 0.2) is 49.2 Å². The maximum Gasteiger partial charge on any atom is 0.319 e. The van der Waals surface area contributed by atoms with Crippen LogP contribution in [-0.2, 0) is 4.79 Å². The van der Waals surface area contributed by atoms with Gasteiger partial charge in [-0.05, 0) is 44.0 Å². The number of fused-ring (bicyclic) bond motifs is 2. The number of amides is 1. The van der Waals surface area contributed by atoms with E-state index >= 15 is 13.2 Å². The fourth-order valence-electron chi connectivity index (χ4n) is 6.40. The molecule has 0 saturated carbocycles. The molecule has 4 heterocycles. The Bertz CT molecular complexity index is 1890. The molecule has 4 aromatic rings. The number of benzene rings is 2. The Kier molecular flexibility index (Phi) is 8.29. The number of carbonyl (C=O) groups excluding carboxylic acids is 1. The number of ether oxygens (including phenoxy) is 1. The summed E-state index contributed by atoms with van der Waals surface area (Å²) in [4.78, 5) is 30.4. The summed E-state index contributed by atoms with van der Waals surface area (Å²) in [5.74, 6) is -2.79. The summed E-state index contributed by atoms with van der Waals surface area (Å²) in [5.41, 5.74) is -0.0565. The van der Waals surface area contributed by atoms with Gasteiger partial charge in [0, 0.05) is 49.7 Å². The van der Waals surface area contributed by atoms with Crippen molar-refractivity contribution in [3.63, 3.8) is 0 Å². The van der Waals surface area contributed by atoms with Crippen molar-refractivity contribution in [2.75, 3.05) is 45.2 Å². The monoisotopic (exact) mass is 632 g/mol. The molecule has 8 nitrogen and oxygen atoms in total. The average molecular weight is 633 g/mol. The molecule has 0 spiro atoms. The number of likely N-dealkylation sites (tertiary alicyclic amines) is 2. The quantitative estimate of drug-likeness (QED) is 0.146. The van der Waals surface area contributed by atoms with Gasteiger partial charge in [0.15, 0.2) is 5.82 Å². The predicted octanol–water partition coefficient (Wildman–Crippen LogP) is 5.44. The zero-order valence-electron chi connectivity index (χ0n) is 25.4. The first-order valence-electron chi connectivity index (χ1n) is 14.9. The van der Waals surface area contributed by atoms with Crippen LogP contribution in [0.3, 0.4) is 0 Å². The van der Waals surface area contributed by atoms with Crippen LogP contribution >= 0.6 is 0 Å². The third-order valence-corrected chi connectivity index (χ3v) is 8.93. The number of carbonyl (C=O) groups is 1. The van der Waals surface area contributed by atoms with Crippen LogP contribution in [0.1, 0.15) is 24.8 Å². The number of pyridine rings is 1. The Morgan fingerprint density at radius 2 is 2.04 bits per heavy atom. The van der Waals surface area contributed by atoms with Crippen LogP contribution in [0.4, 0.5) is 23.4 Å². The number of hydrogen-bond donors (Lipinski definition) is 0. The summed E-state index contributed by atoms with van der Waals surface area (Å²) >= 11 is 0. The molecular weight excluding hydrogens is 600 g/mol. The summed E-state index contributed by atoms with van der Waals surface area (Å²) in [6.45, 7) is 4.14. The standard InChI is InChI=1S/C34H32F4N6O2/c1-5-22-25(35)13-12-20-9-7-11-23(28(20)22)30-29(36)31-24(17-39-30)32(41-33(40-31)46-19-21-10-8-15-42(21)3)43(4)18-26-34(37,38)14-16-44(26)27(45)6-2/h1,6-7,9,11-13,17,21,26H,2,8,10,14-16,18-19H2,3-4H3/t21-,26+/m0/s1. The predicted molar refractivity (Wildman–Crippen MR) is 168 cm³/mol. The lowest BCUT2D eigenvalue weighted by Crippen LogP contribution is -2.48. The van der Waals surface area contributed by atoms with Gasteiger partial charge in [0.2, 0.25) is 5.91 Å². The van der Waals surface area contributed by atoms with Crippen molar-refractivity contribution in [1.82, 2.24) is 24.8 Å². The van der Waals surface area contributed by atoms with E-state index in [1.54, 1.807) is 24.3 Å². The number of aromatic nitrogens is 3. The van der Waals surface area contributed by atoms with Crippen molar-refractivity contribution in [3.05, 3.63) is 66.4 Å². The fraction of sp³-hybridized carbons (Fsp3) is 0.353. The highest BCUT2D eigenvalue weighted by atomic mass is 19.3. The van der Waals surface area contributed by atoms with E-state index in [-0.39, 0.29) is 65.3 Å². The summed E-state index contributed by atoms with van der Waals surface area (Å²) in [5, 5.41) is 1.05. The number of terminal acetylenes is 1. The van der Waals surface area contributed by atoms with Gasteiger partial charge in [0.1, 0.15) is 35.5 Å². The van der Waals surface area contributed by atoms with E-state index in [0.717, 1.165) is 30.4 Å².